The lowest BCUT2D eigenvalue weighted by molar-refractivity contribution is -0.120. The van der Waals surface area contributed by atoms with E-state index in [-0.39, 0.29) is 5.91 Å². The molecule has 0 saturated carbocycles. The van der Waals surface area contributed by atoms with E-state index in [2.05, 4.69) is 27.7 Å². The monoisotopic (exact) mass is 344 g/mol. The van der Waals surface area contributed by atoms with Crippen molar-refractivity contribution in [1.29, 1.82) is 10.5 Å². The van der Waals surface area contributed by atoms with Gasteiger partial charge in [-0.1, -0.05) is 18.2 Å². The van der Waals surface area contributed by atoms with Crippen LogP contribution in [0, 0.1) is 42.4 Å². The number of nitrogens with one attached hydrogen (secondary N) is 1. The Kier molecular flexibility index (Phi) is 3.41. The maximum Gasteiger partial charge on any atom is 0.238 e. The third-order valence-corrected chi connectivity index (χ3v) is 5.50. The Balaban J connectivity index is 1.84. The van der Waals surface area contributed by atoms with E-state index >= 15 is 0 Å². The summed E-state index contributed by atoms with van der Waals surface area (Å²) >= 11 is 0. The summed E-state index contributed by atoms with van der Waals surface area (Å²) in [7, 11) is 0. The van der Waals surface area contributed by atoms with Crippen LogP contribution in [0.2, 0.25) is 0 Å². The average Bonchev–Trinajstić information content (AvgIpc) is 3.17. The van der Waals surface area contributed by atoms with Gasteiger partial charge in [0.25, 0.3) is 0 Å². The predicted octanol–water partition coefficient (Wildman–Crippen LogP) is 1.81. The molecule has 1 amide bonds. The SMILES string of the molecule is Cc1nnc(N2CC(C#N)C3(C2)C(=O)Nc2ccccc23)c(C#N)c1C. The number of nitrogens with zero attached hydrogens (tertiary/aromatic N) is 5. The van der Waals surface area contributed by atoms with Crippen molar-refractivity contribution in [2.24, 2.45) is 5.92 Å². The van der Waals surface area contributed by atoms with Gasteiger partial charge in [-0.05, 0) is 31.0 Å². The zero-order chi connectivity index (χ0) is 18.5. The predicted molar refractivity (Wildman–Crippen MR) is 94.3 cm³/mol. The van der Waals surface area contributed by atoms with Gasteiger partial charge in [0.15, 0.2) is 5.82 Å². The van der Waals surface area contributed by atoms with Crippen LogP contribution in [0.5, 0.6) is 0 Å². The number of hydrogen-bond donors (Lipinski definition) is 1. The number of anilines is 2. The Morgan fingerprint density at radius 2 is 2.04 bits per heavy atom. The quantitative estimate of drug-likeness (QED) is 0.846. The summed E-state index contributed by atoms with van der Waals surface area (Å²) in [6.07, 6.45) is 0. The number of hydrogen-bond acceptors (Lipinski definition) is 6. The fraction of sp³-hybridized carbons (Fsp3) is 0.316. The molecule has 4 rings (SSSR count). The van der Waals surface area contributed by atoms with Gasteiger partial charge in [-0.2, -0.15) is 15.6 Å². The molecule has 1 aromatic carbocycles. The van der Waals surface area contributed by atoms with Crippen LogP contribution < -0.4 is 10.2 Å². The molecule has 7 nitrogen and oxygen atoms in total. The van der Waals surface area contributed by atoms with Gasteiger partial charge in [-0.25, -0.2) is 0 Å². The van der Waals surface area contributed by atoms with E-state index in [1.807, 2.05) is 36.1 Å². The van der Waals surface area contributed by atoms with Crippen LogP contribution in [0.4, 0.5) is 11.5 Å². The summed E-state index contributed by atoms with van der Waals surface area (Å²) in [6.45, 7) is 4.25. The molecular formula is C19H16N6O. The lowest BCUT2D eigenvalue weighted by Gasteiger charge is -2.25. The maximum absolute atomic E-state index is 12.9. The fourth-order valence-corrected chi connectivity index (χ4v) is 3.96. The summed E-state index contributed by atoms with van der Waals surface area (Å²) in [5.74, 6) is -0.283. The zero-order valence-corrected chi connectivity index (χ0v) is 14.4. The van der Waals surface area contributed by atoms with Crippen molar-refractivity contribution in [2.45, 2.75) is 19.3 Å². The Morgan fingerprint density at radius 1 is 1.27 bits per heavy atom. The number of nitriles is 2. The fourth-order valence-electron chi connectivity index (χ4n) is 3.96. The highest BCUT2D eigenvalue weighted by Crippen LogP contribution is 2.48. The standard InChI is InChI=1S/C19H16N6O/c1-11-12(2)23-24-17(14(11)8-21)25-9-13(7-20)19(10-25)15-5-3-4-6-16(15)22-18(19)26/h3-6,13H,9-10H2,1-2H3,(H,22,26). The second kappa shape index (κ2) is 5.53. The molecule has 2 aliphatic rings. The molecule has 0 radical (unpaired) electrons. The van der Waals surface area contributed by atoms with Crippen LogP contribution in [0.15, 0.2) is 24.3 Å². The molecule has 2 aromatic rings. The molecule has 1 aromatic heterocycles. The minimum atomic E-state index is -0.960. The molecule has 2 aliphatic heterocycles. The summed E-state index contributed by atoms with van der Waals surface area (Å²) < 4.78 is 0. The molecule has 1 spiro atoms. The summed E-state index contributed by atoms with van der Waals surface area (Å²) in [5.41, 5.74) is 2.51. The van der Waals surface area contributed by atoms with Crippen molar-refractivity contribution in [1.82, 2.24) is 10.2 Å². The van der Waals surface area contributed by atoms with Crippen molar-refractivity contribution in [3.05, 3.63) is 46.6 Å². The highest BCUT2D eigenvalue weighted by atomic mass is 16.2. The molecule has 1 N–H and O–H groups in total. The zero-order valence-electron chi connectivity index (χ0n) is 14.4. The van der Waals surface area contributed by atoms with Crippen molar-refractivity contribution >= 4 is 17.4 Å². The van der Waals surface area contributed by atoms with E-state index < -0.39 is 11.3 Å². The lowest BCUT2D eigenvalue weighted by atomic mass is 9.74. The van der Waals surface area contributed by atoms with E-state index in [1.54, 1.807) is 6.92 Å². The molecule has 2 unspecified atom stereocenters. The summed E-state index contributed by atoms with van der Waals surface area (Å²) in [4.78, 5) is 14.7. The first-order chi connectivity index (χ1) is 12.5. The Labute approximate surface area is 150 Å². The number of amides is 1. The molecule has 2 atom stereocenters. The molecule has 7 heteroatoms. The minimum absolute atomic E-state index is 0.178. The van der Waals surface area contributed by atoms with Crippen LogP contribution in [-0.4, -0.2) is 29.2 Å². The van der Waals surface area contributed by atoms with Crippen molar-refractivity contribution < 1.29 is 4.79 Å². The highest BCUT2D eigenvalue weighted by Gasteiger charge is 2.58. The Morgan fingerprint density at radius 3 is 2.77 bits per heavy atom. The molecule has 3 heterocycles. The molecule has 26 heavy (non-hydrogen) atoms. The van der Waals surface area contributed by atoms with E-state index in [0.717, 1.165) is 16.8 Å². The largest absolute Gasteiger partial charge is 0.351 e. The third-order valence-electron chi connectivity index (χ3n) is 5.50. The van der Waals surface area contributed by atoms with Crippen molar-refractivity contribution in [3.8, 4) is 12.1 Å². The normalized spacial score (nSPS) is 23.5. The van der Waals surface area contributed by atoms with E-state index in [1.165, 1.54) is 0 Å². The average molecular weight is 344 g/mol. The van der Waals surface area contributed by atoms with Crippen LogP contribution in [0.1, 0.15) is 22.4 Å². The van der Waals surface area contributed by atoms with Gasteiger partial charge in [-0.3, -0.25) is 4.79 Å². The highest BCUT2D eigenvalue weighted by molar-refractivity contribution is 6.07. The van der Waals surface area contributed by atoms with Gasteiger partial charge in [0.05, 0.1) is 17.7 Å². The molecular weight excluding hydrogens is 328 g/mol. The van der Waals surface area contributed by atoms with Gasteiger partial charge in [0.1, 0.15) is 17.0 Å². The van der Waals surface area contributed by atoms with E-state index in [4.69, 9.17) is 0 Å². The number of carbonyl (C=O) groups is 1. The number of rotatable bonds is 1. The van der Waals surface area contributed by atoms with Gasteiger partial charge >= 0.3 is 0 Å². The first-order valence-electron chi connectivity index (χ1n) is 8.32. The number of fused-ring (bicyclic) bond motifs is 2. The molecule has 0 aliphatic carbocycles. The van der Waals surface area contributed by atoms with Crippen molar-refractivity contribution in [3.63, 3.8) is 0 Å². The van der Waals surface area contributed by atoms with Gasteiger partial charge < -0.3 is 10.2 Å². The first kappa shape index (κ1) is 16.0. The smallest absolute Gasteiger partial charge is 0.238 e. The molecule has 1 saturated heterocycles. The van der Waals surface area contributed by atoms with Crippen LogP contribution in [0.3, 0.4) is 0 Å². The first-order valence-corrected chi connectivity index (χ1v) is 8.32. The maximum atomic E-state index is 12.9. The number of aryl methyl sites for hydroxylation is 1. The molecule has 1 fully saturated rings. The van der Waals surface area contributed by atoms with E-state index in [9.17, 15) is 15.3 Å². The number of aromatic nitrogens is 2. The molecule has 128 valence electrons. The van der Waals surface area contributed by atoms with E-state index in [0.29, 0.717) is 30.2 Å². The number of benzene rings is 1. The van der Waals surface area contributed by atoms with Gasteiger partial charge in [0.2, 0.25) is 5.91 Å². The number of para-hydroxylation sites is 1. The Bertz CT molecular complexity index is 1020. The lowest BCUT2D eigenvalue weighted by Crippen LogP contribution is -2.42. The van der Waals surface area contributed by atoms with Crippen LogP contribution >= 0.6 is 0 Å². The van der Waals surface area contributed by atoms with Gasteiger partial charge in [0, 0.05) is 18.8 Å². The third kappa shape index (κ3) is 1.94. The van der Waals surface area contributed by atoms with Crippen LogP contribution in [-0.2, 0) is 10.2 Å². The number of carbonyl (C=O) groups excluding carboxylic acids is 1. The Hall–Kier alpha value is -3.45. The van der Waals surface area contributed by atoms with Gasteiger partial charge in [-0.15, -0.1) is 5.10 Å². The summed E-state index contributed by atoms with van der Waals surface area (Å²) in [6, 6.07) is 11.9. The van der Waals surface area contributed by atoms with Crippen molar-refractivity contribution in [2.75, 3.05) is 23.3 Å². The second-order valence-electron chi connectivity index (χ2n) is 6.75. The topological polar surface area (TPSA) is 106 Å². The second-order valence-corrected chi connectivity index (χ2v) is 6.75. The minimum Gasteiger partial charge on any atom is -0.351 e. The summed E-state index contributed by atoms with van der Waals surface area (Å²) in [5, 5.41) is 30.6. The molecule has 0 bridgehead atoms. The van der Waals surface area contributed by atoms with Crippen LogP contribution in [0.25, 0.3) is 0 Å².